The van der Waals surface area contributed by atoms with Gasteiger partial charge in [0.15, 0.2) is 5.78 Å². The van der Waals surface area contributed by atoms with E-state index in [2.05, 4.69) is 22.0 Å². The van der Waals surface area contributed by atoms with Gasteiger partial charge >= 0.3 is 6.09 Å². The minimum Gasteiger partial charge on any atom is -0.444 e. The number of amides is 1. The van der Waals surface area contributed by atoms with E-state index in [0.717, 1.165) is 34.0 Å². The van der Waals surface area contributed by atoms with Gasteiger partial charge in [-0.25, -0.2) is 4.79 Å². The second-order valence-corrected chi connectivity index (χ2v) is 8.72. The number of ketones is 1. The minimum absolute atomic E-state index is 0.150. The number of nitrogens with zero attached hydrogens (tertiary/aromatic N) is 1. The van der Waals surface area contributed by atoms with Crippen molar-refractivity contribution in [2.24, 2.45) is 5.92 Å². The lowest BCUT2D eigenvalue weighted by molar-refractivity contribution is 0.0197. The molecule has 1 aromatic carbocycles. The molecule has 1 heterocycles. The van der Waals surface area contributed by atoms with Crippen LogP contribution in [0, 0.1) is 5.92 Å². The summed E-state index contributed by atoms with van der Waals surface area (Å²) in [5.74, 6) is 0.493. The first-order valence-corrected chi connectivity index (χ1v) is 9.54. The van der Waals surface area contributed by atoms with Crippen molar-refractivity contribution in [1.29, 1.82) is 0 Å². The monoisotopic (exact) mass is 405 g/mol. The maximum Gasteiger partial charge on any atom is 0.410 e. The van der Waals surface area contributed by atoms with E-state index in [1.54, 1.807) is 4.90 Å². The molecule has 1 amide bonds. The molecule has 0 radical (unpaired) electrons. The van der Waals surface area contributed by atoms with E-state index < -0.39 is 5.60 Å². The fraction of sp³-hybridized carbons (Fsp3) is 0.500. The summed E-state index contributed by atoms with van der Waals surface area (Å²) >= 11 is 3.46. The number of halogens is 1. The third-order valence-electron chi connectivity index (χ3n) is 4.61. The molecule has 1 aliphatic heterocycles. The highest BCUT2D eigenvalue weighted by atomic mass is 79.9. The van der Waals surface area contributed by atoms with Gasteiger partial charge in [-0.2, -0.15) is 0 Å². The van der Waals surface area contributed by atoms with Crippen molar-refractivity contribution in [1.82, 2.24) is 4.90 Å². The number of rotatable bonds is 1. The van der Waals surface area contributed by atoms with Crippen LogP contribution in [0.1, 0.15) is 49.5 Å². The number of allylic oxidation sites excluding steroid dienone is 2. The smallest absolute Gasteiger partial charge is 0.410 e. The highest BCUT2D eigenvalue weighted by molar-refractivity contribution is 9.10. The molecule has 0 bridgehead atoms. The molecule has 1 fully saturated rings. The van der Waals surface area contributed by atoms with Gasteiger partial charge in [0.25, 0.3) is 0 Å². The molecule has 0 unspecified atom stereocenters. The first kappa shape index (κ1) is 18.2. The summed E-state index contributed by atoms with van der Waals surface area (Å²) in [6, 6.07) is 5.84. The minimum atomic E-state index is -0.466. The third kappa shape index (κ3) is 4.32. The lowest BCUT2D eigenvalue weighted by Gasteiger charge is -2.32. The van der Waals surface area contributed by atoms with E-state index in [0.29, 0.717) is 25.4 Å². The number of fused-ring (bicyclic) bond motifs is 1. The van der Waals surface area contributed by atoms with Gasteiger partial charge in [-0.15, -0.1) is 0 Å². The Bertz CT molecular complexity index is 725. The molecule has 2 aliphatic rings. The van der Waals surface area contributed by atoms with E-state index in [-0.39, 0.29) is 11.9 Å². The zero-order valence-electron chi connectivity index (χ0n) is 15.0. The molecule has 134 valence electrons. The molecule has 0 spiro atoms. The largest absolute Gasteiger partial charge is 0.444 e. The predicted octanol–water partition coefficient (Wildman–Crippen LogP) is 4.76. The summed E-state index contributed by atoms with van der Waals surface area (Å²) in [5, 5.41) is 0. The molecule has 25 heavy (non-hydrogen) atoms. The Kier molecular flexibility index (Phi) is 5.05. The molecule has 1 aromatic rings. The third-order valence-corrected chi connectivity index (χ3v) is 5.11. The molecule has 4 nitrogen and oxygen atoms in total. The van der Waals surface area contributed by atoms with Crippen LogP contribution in [0.5, 0.6) is 0 Å². The van der Waals surface area contributed by atoms with E-state index in [4.69, 9.17) is 4.74 Å². The van der Waals surface area contributed by atoms with E-state index in [1.807, 2.05) is 39.0 Å². The zero-order chi connectivity index (χ0) is 18.2. The number of hydrogen-bond acceptors (Lipinski definition) is 3. The van der Waals surface area contributed by atoms with Crippen LogP contribution in [0.3, 0.4) is 0 Å². The van der Waals surface area contributed by atoms with Crippen LogP contribution in [0.4, 0.5) is 4.79 Å². The Balaban J connectivity index is 1.60. The Morgan fingerprint density at radius 2 is 1.96 bits per heavy atom. The van der Waals surface area contributed by atoms with Gasteiger partial charge in [0.05, 0.1) is 0 Å². The van der Waals surface area contributed by atoms with Gasteiger partial charge in [-0.1, -0.05) is 22.0 Å². The maximum absolute atomic E-state index is 12.5. The van der Waals surface area contributed by atoms with Crippen molar-refractivity contribution in [3.8, 4) is 0 Å². The fourth-order valence-corrected chi connectivity index (χ4v) is 3.79. The summed E-state index contributed by atoms with van der Waals surface area (Å²) in [6.45, 7) is 6.99. The summed E-state index contributed by atoms with van der Waals surface area (Å²) < 4.78 is 6.43. The first-order valence-electron chi connectivity index (χ1n) is 8.75. The number of Topliss-reactive ketones (excluding diaryl/α,β-unsaturated/α-hetero) is 1. The van der Waals surface area contributed by atoms with Crippen molar-refractivity contribution < 1.29 is 14.3 Å². The Hall–Kier alpha value is -1.62. The quantitative estimate of drug-likeness (QED) is 0.632. The van der Waals surface area contributed by atoms with Gasteiger partial charge in [0.1, 0.15) is 5.60 Å². The molecule has 3 rings (SSSR count). The topological polar surface area (TPSA) is 46.6 Å². The molecule has 0 saturated carbocycles. The Morgan fingerprint density at radius 1 is 1.28 bits per heavy atom. The number of carbonyl (C=O) groups excluding carboxylic acids is 2. The van der Waals surface area contributed by atoms with Crippen LogP contribution in [0.15, 0.2) is 34.3 Å². The van der Waals surface area contributed by atoms with E-state index in [1.165, 1.54) is 0 Å². The Labute approximate surface area is 157 Å². The highest BCUT2D eigenvalue weighted by Gasteiger charge is 2.29. The second kappa shape index (κ2) is 6.94. The number of likely N-dealkylation sites (tertiary alicyclic amines) is 1. The molecule has 5 heteroatoms. The van der Waals surface area contributed by atoms with Crippen LogP contribution in [0.2, 0.25) is 0 Å². The summed E-state index contributed by atoms with van der Waals surface area (Å²) in [7, 11) is 0. The SMILES string of the molecule is CC(C)(C)OC(=O)N1CCC(/C=C2\Cc3cc(Br)ccc3C2=O)CC1. The van der Waals surface area contributed by atoms with Crippen LogP contribution in [-0.4, -0.2) is 35.5 Å². The number of hydrogen-bond donors (Lipinski definition) is 0. The number of ether oxygens (including phenoxy) is 1. The van der Waals surface area contributed by atoms with Crippen molar-refractivity contribution in [3.63, 3.8) is 0 Å². The van der Waals surface area contributed by atoms with Gasteiger partial charge in [-0.05, 0) is 63.3 Å². The number of benzene rings is 1. The average Bonchev–Trinajstić information content (AvgIpc) is 2.82. The maximum atomic E-state index is 12.5. The zero-order valence-corrected chi connectivity index (χ0v) is 16.6. The van der Waals surface area contributed by atoms with Crippen molar-refractivity contribution in [3.05, 3.63) is 45.4 Å². The van der Waals surface area contributed by atoms with Crippen LogP contribution in [-0.2, 0) is 11.2 Å². The predicted molar refractivity (Wildman–Crippen MR) is 101 cm³/mol. The normalized spacial score (nSPS) is 20.1. The first-order chi connectivity index (χ1) is 11.7. The van der Waals surface area contributed by atoms with Crippen LogP contribution < -0.4 is 0 Å². The summed E-state index contributed by atoms with van der Waals surface area (Å²) in [5.41, 5.74) is 2.34. The molecule has 1 saturated heterocycles. The van der Waals surface area contributed by atoms with Gasteiger partial charge < -0.3 is 9.64 Å². The summed E-state index contributed by atoms with van der Waals surface area (Å²) in [6.07, 6.45) is 4.34. The van der Waals surface area contributed by atoms with Gasteiger partial charge in [0, 0.05) is 35.1 Å². The lowest BCUT2D eigenvalue weighted by Crippen LogP contribution is -2.41. The molecular weight excluding hydrogens is 382 g/mol. The standard InChI is InChI=1S/C20H24BrNO3/c1-20(2,3)25-19(24)22-8-6-13(7-9-22)10-15-11-14-12-16(21)4-5-17(14)18(15)23/h4-5,10,12-13H,6-9,11H2,1-3H3/b15-10+. The van der Waals surface area contributed by atoms with Crippen LogP contribution in [0.25, 0.3) is 0 Å². The van der Waals surface area contributed by atoms with Crippen LogP contribution >= 0.6 is 15.9 Å². The van der Waals surface area contributed by atoms with Gasteiger partial charge in [0.2, 0.25) is 0 Å². The average molecular weight is 406 g/mol. The lowest BCUT2D eigenvalue weighted by atomic mass is 9.93. The van der Waals surface area contributed by atoms with E-state index in [9.17, 15) is 9.59 Å². The van der Waals surface area contributed by atoms with E-state index >= 15 is 0 Å². The molecular formula is C20H24BrNO3. The molecule has 0 N–H and O–H groups in total. The van der Waals surface area contributed by atoms with Crippen molar-refractivity contribution in [2.45, 2.75) is 45.6 Å². The number of carbonyl (C=O) groups is 2. The second-order valence-electron chi connectivity index (χ2n) is 7.80. The fourth-order valence-electron chi connectivity index (χ4n) is 3.38. The molecule has 0 aromatic heterocycles. The van der Waals surface area contributed by atoms with Gasteiger partial charge in [-0.3, -0.25) is 4.79 Å². The van der Waals surface area contributed by atoms with Crippen molar-refractivity contribution in [2.75, 3.05) is 13.1 Å². The highest BCUT2D eigenvalue weighted by Crippen LogP contribution is 2.31. The summed E-state index contributed by atoms with van der Waals surface area (Å²) in [4.78, 5) is 26.4. The van der Waals surface area contributed by atoms with Crippen molar-refractivity contribution >= 4 is 27.8 Å². The molecule has 0 atom stereocenters. The Morgan fingerprint density at radius 3 is 2.60 bits per heavy atom. The number of piperidine rings is 1. The molecule has 1 aliphatic carbocycles.